The van der Waals surface area contributed by atoms with Crippen LogP contribution in [0.25, 0.3) is 11.2 Å². The van der Waals surface area contributed by atoms with Crippen molar-refractivity contribution in [3.05, 3.63) is 11.5 Å². The van der Waals surface area contributed by atoms with Crippen molar-refractivity contribution in [3.63, 3.8) is 0 Å². The van der Waals surface area contributed by atoms with Gasteiger partial charge in [-0.3, -0.25) is 9.48 Å². The van der Waals surface area contributed by atoms with E-state index < -0.39 is 5.54 Å². The normalized spacial score (nSPS) is 12.2. The van der Waals surface area contributed by atoms with Crippen LogP contribution in [0.15, 0.2) is 0 Å². The molecule has 0 aliphatic heterocycles. The number of hydrogen-bond acceptors (Lipinski definition) is 3. The van der Waals surface area contributed by atoms with E-state index in [9.17, 15) is 4.79 Å². The molecular weight excluding hydrogens is 278 g/mol. The molecule has 0 radical (unpaired) electrons. The second-order valence-electron chi connectivity index (χ2n) is 5.55. The number of hydrogen-bond donors (Lipinski definition) is 1. The van der Waals surface area contributed by atoms with Gasteiger partial charge in [-0.1, -0.05) is 6.92 Å². The predicted molar refractivity (Wildman–Crippen MR) is 78.6 cm³/mol. The highest BCUT2D eigenvalue weighted by atomic mass is 35.5. The highest BCUT2D eigenvalue weighted by molar-refractivity contribution is 6.16. The lowest BCUT2D eigenvalue weighted by molar-refractivity contribution is -0.119. The number of alkyl halides is 1. The number of rotatable bonds is 5. The lowest BCUT2D eigenvalue weighted by Gasteiger charge is -2.27. The van der Waals surface area contributed by atoms with Gasteiger partial charge in [-0.15, -0.1) is 11.6 Å². The number of aromatic nitrogens is 4. The zero-order chi connectivity index (χ0) is 15.1. The minimum absolute atomic E-state index is 0.217. The quantitative estimate of drug-likeness (QED) is 0.853. The first-order chi connectivity index (χ1) is 9.31. The van der Waals surface area contributed by atoms with E-state index in [0.29, 0.717) is 0 Å². The summed E-state index contributed by atoms with van der Waals surface area (Å²) in [5.74, 6) is 0.658. The number of primary amides is 1. The minimum atomic E-state index is -0.496. The van der Waals surface area contributed by atoms with E-state index in [1.165, 1.54) is 0 Å². The average Bonchev–Trinajstić information content (AvgIpc) is 2.85. The molecule has 2 aromatic heterocycles. The van der Waals surface area contributed by atoms with Gasteiger partial charge in [-0.25, -0.2) is 4.98 Å². The Morgan fingerprint density at radius 3 is 2.60 bits per heavy atom. The Labute approximate surface area is 122 Å². The predicted octanol–water partition coefficient (Wildman–Crippen LogP) is 1.68. The number of nitrogens with zero attached hydrogens (tertiary/aromatic N) is 4. The molecule has 2 heterocycles. The fraction of sp³-hybridized carbons (Fsp3) is 0.615. The molecule has 2 rings (SSSR count). The Morgan fingerprint density at radius 2 is 2.10 bits per heavy atom. The van der Waals surface area contributed by atoms with E-state index in [1.54, 1.807) is 4.68 Å². The molecule has 0 saturated heterocycles. The number of carbonyl (C=O) groups is 1. The SMILES string of the molecule is CCc1nn(C)c2c1nc(CCl)n2C(C)(C)CC(N)=O. The molecule has 0 aromatic carbocycles. The number of imidazole rings is 1. The highest BCUT2D eigenvalue weighted by Gasteiger charge is 2.30. The molecule has 0 unspecified atom stereocenters. The lowest BCUT2D eigenvalue weighted by atomic mass is 9.99. The summed E-state index contributed by atoms with van der Waals surface area (Å²) >= 11 is 6.02. The summed E-state index contributed by atoms with van der Waals surface area (Å²) in [6.07, 6.45) is 1.02. The van der Waals surface area contributed by atoms with Crippen LogP contribution in [0.5, 0.6) is 0 Å². The van der Waals surface area contributed by atoms with Crippen molar-refractivity contribution >= 4 is 28.7 Å². The molecule has 0 atom stereocenters. The van der Waals surface area contributed by atoms with Gasteiger partial charge in [0.05, 0.1) is 17.1 Å². The van der Waals surface area contributed by atoms with E-state index in [2.05, 4.69) is 10.1 Å². The third-order valence-corrected chi connectivity index (χ3v) is 3.68. The van der Waals surface area contributed by atoms with Crippen molar-refractivity contribution < 1.29 is 4.79 Å². The second kappa shape index (κ2) is 5.09. The third-order valence-electron chi connectivity index (χ3n) is 3.44. The minimum Gasteiger partial charge on any atom is -0.370 e. The molecule has 7 heteroatoms. The van der Waals surface area contributed by atoms with Gasteiger partial charge in [0.25, 0.3) is 0 Å². The molecule has 110 valence electrons. The summed E-state index contributed by atoms with van der Waals surface area (Å²) in [5.41, 5.74) is 7.53. The number of carbonyl (C=O) groups excluding carboxylic acids is 1. The lowest BCUT2D eigenvalue weighted by Crippen LogP contribution is -2.33. The first-order valence-electron chi connectivity index (χ1n) is 6.59. The average molecular weight is 298 g/mol. The van der Waals surface area contributed by atoms with Crippen LogP contribution in [0.4, 0.5) is 0 Å². The van der Waals surface area contributed by atoms with E-state index in [-0.39, 0.29) is 18.2 Å². The van der Waals surface area contributed by atoms with Gasteiger partial charge in [-0.05, 0) is 20.3 Å². The molecule has 0 bridgehead atoms. The summed E-state index contributed by atoms with van der Waals surface area (Å²) in [6.45, 7) is 5.94. The molecule has 0 saturated carbocycles. The number of halogens is 1. The van der Waals surface area contributed by atoms with Gasteiger partial charge in [0.2, 0.25) is 5.91 Å². The molecular formula is C13H20ClN5O. The molecule has 0 aliphatic rings. The van der Waals surface area contributed by atoms with Crippen LogP contribution in [0.1, 0.15) is 38.7 Å². The maximum Gasteiger partial charge on any atom is 0.219 e. The molecule has 1 amide bonds. The second-order valence-corrected chi connectivity index (χ2v) is 5.82. The summed E-state index contributed by atoms with van der Waals surface area (Å²) in [7, 11) is 1.87. The first kappa shape index (κ1) is 14.8. The maximum atomic E-state index is 11.3. The monoisotopic (exact) mass is 297 g/mol. The van der Waals surface area contributed by atoms with Crippen molar-refractivity contribution in [2.75, 3.05) is 0 Å². The fourth-order valence-corrected chi connectivity index (χ4v) is 2.87. The summed E-state index contributed by atoms with van der Waals surface area (Å²) in [6, 6.07) is 0. The molecule has 0 fully saturated rings. The van der Waals surface area contributed by atoms with E-state index in [4.69, 9.17) is 17.3 Å². The van der Waals surface area contributed by atoms with Gasteiger partial charge in [0, 0.05) is 13.5 Å². The van der Waals surface area contributed by atoms with Crippen molar-refractivity contribution in [2.24, 2.45) is 12.8 Å². The van der Waals surface area contributed by atoms with Gasteiger partial charge in [-0.2, -0.15) is 5.10 Å². The van der Waals surface area contributed by atoms with Gasteiger partial charge < -0.3 is 10.3 Å². The summed E-state index contributed by atoms with van der Waals surface area (Å²) in [4.78, 5) is 15.9. The molecule has 6 nitrogen and oxygen atoms in total. The molecule has 2 aromatic rings. The summed E-state index contributed by atoms with van der Waals surface area (Å²) in [5, 5.41) is 4.47. The van der Waals surface area contributed by atoms with E-state index in [1.807, 2.05) is 32.4 Å². The van der Waals surface area contributed by atoms with Gasteiger partial charge in [0.1, 0.15) is 11.3 Å². The number of amides is 1. The fourth-order valence-electron chi connectivity index (χ4n) is 2.69. The Kier molecular flexibility index (Phi) is 3.77. The van der Waals surface area contributed by atoms with Crippen LogP contribution >= 0.6 is 11.6 Å². The van der Waals surface area contributed by atoms with Crippen molar-refractivity contribution in [1.29, 1.82) is 0 Å². The standard InChI is InChI=1S/C13H20ClN5O/c1-5-8-11-12(18(4)17-8)19(10(7-14)16-11)13(2,3)6-9(15)20/h5-7H2,1-4H3,(H2,15,20). The maximum absolute atomic E-state index is 11.3. The number of nitrogens with two attached hydrogens (primary N) is 1. The Morgan fingerprint density at radius 1 is 1.45 bits per heavy atom. The van der Waals surface area contributed by atoms with Crippen LogP contribution in [0.3, 0.4) is 0 Å². The summed E-state index contributed by atoms with van der Waals surface area (Å²) < 4.78 is 3.77. The van der Waals surface area contributed by atoms with Crippen LogP contribution in [-0.4, -0.2) is 25.2 Å². The van der Waals surface area contributed by atoms with Gasteiger partial charge >= 0.3 is 0 Å². The Bertz CT molecular complexity index is 655. The van der Waals surface area contributed by atoms with Crippen LogP contribution < -0.4 is 5.73 Å². The molecule has 0 aliphatic carbocycles. The first-order valence-corrected chi connectivity index (χ1v) is 7.13. The van der Waals surface area contributed by atoms with Crippen LogP contribution in [0, 0.1) is 0 Å². The largest absolute Gasteiger partial charge is 0.370 e. The number of fused-ring (bicyclic) bond motifs is 1. The molecule has 0 spiro atoms. The van der Waals surface area contributed by atoms with Crippen molar-refractivity contribution in [3.8, 4) is 0 Å². The zero-order valence-corrected chi connectivity index (χ0v) is 13.0. The highest BCUT2D eigenvalue weighted by Crippen LogP contribution is 2.30. The van der Waals surface area contributed by atoms with Crippen LogP contribution in [-0.2, 0) is 29.7 Å². The van der Waals surface area contributed by atoms with Crippen molar-refractivity contribution in [2.45, 2.75) is 45.0 Å². The topological polar surface area (TPSA) is 78.7 Å². The van der Waals surface area contributed by atoms with E-state index >= 15 is 0 Å². The smallest absolute Gasteiger partial charge is 0.219 e. The molecule has 20 heavy (non-hydrogen) atoms. The third kappa shape index (κ3) is 2.28. The van der Waals surface area contributed by atoms with Gasteiger partial charge in [0.15, 0.2) is 5.65 Å². The Balaban J connectivity index is 2.73. The Hall–Kier alpha value is -1.56. The van der Waals surface area contributed by atoms with Crippen LogP contribution in [0.2, 0.25) is 0 Å². The zero-order valence-electron chi connectivity index (χ0n) is 12.3. The van der Waals surface area contributed by atoms with Crippen molar-refractivity contribution in [1.82, 2.24) is 19.3 Å². The van der Waals surface area contributed by atoms with E-state index in [0.717, 1.165) is 29.1 Å². The molecule has 2 N–H and O–H groups in total. The number of aryl methyl sites for hydroxylation is 2.